The van der Waals surface area contributed by atoms with E-state index in [0.29, 0.717) is 11.4 Å². The van der Waals surface area contributed by atoms with Gasteiger partial charge in [0.2, 0.25) is 0 Å². The summed E-state index contributed by atoms with van der Waals surface area (Å²) in [5.74, 6) is -0.380. The molecule has 1 aromatic carbocycles. The first kappa shape index (κ1) is 10.2. The molecule has 1 N–H and O–H groups in total. The third kappa shape index (κ3) is 3.22. The van der Waals surface area contributed by atoms with Crippen LogP contribution in [0.4, 0.5) is 5.69 Å². The predicted molar refractivity (Wildman–Crippen MR) is 49.6 cm³/mol. The van der Waals surface area contributed by atoms with Crippen LogP contribution in [0.3, 0.4) is 0 Å². The second-order valence-corrected chi connectivity index (χ2v) is 2.58. The molecule has 5 heteroatoms. The van der Waals surface area contributed by atoms with Crippen molar-refractivity contribution in [2.24, 2.45) is 5.18 Å². The minimum absolute atomic E-state index is 0.0479. The highest BCUT2D eigenvalue weighted by molar-refractivity contribution is 5.66. The number of ether oxygens (including phenoxy) is 1. The van der Waals surface area contributed by atoms with E-state index in [0.717, 1.165) is 0 Å². The normalized spacial score (nSPS) is 9.43. The van der Waals surface area contributed by atoms with Crippen molar-refractivity contribution in [3.8, 4) is 5.75 Å². The van der Waals surface area contributed by atoms with Gasteiger partial charge < -0.3 is 9.84 Å². The molecule has 0 amide bonds. The maximum atomic E-state index is 10.2. The zero-order chi connectivity index (χ0) is 10.4. The highest BCUT2D eigenvalue weighted by atomic mass is 16.5. The van der Waals surface area contributed by atoms with E-state index in [1.165, 1.54) is 12.1 Å². The predicted octanol–water partition coefficient (Wildman–Crippen LogP) is 1.94. The van der Waals surface area contributed by atoms with Crippen LogP contribution in [0.5, 0.6) is 5.75 Å². The van der Waals surface area contributed by atoms with Gasteiger partial charge in [0.25, 0.3) is 0 Å². The molecule has 0 atom stereocenters. The molecular weight excluding hydrogens is 186 g/mol. The Bertz CT molecular complexity index is 320. The van der Waals surface area contributed by atoms with E-state index >= 15 is 0 Å². The van der Waals surface area contributed by atoms with Crippen molar-refractivity contribution in [3.05, 3.63) is 29.2 Å². The molecule has 0 fully saturated rings. The molecule has 0 spiro atoms. The van der Waals surface area contributed by atoms with Crippen LogP contribution >= 0.6 is 0 Å². The van der Waals surface area contributed by atoms with Crippen molar-refractivity contribution in [1.29, 1.82) is 0 Å². The SMILES string of the molecule is O=Nc1ccc(OCCC(=O)O)cc1. The summed E-state index contributed by atoms with van der Waals surface area (Å²) in [6, 6.07) is 6.14. The van der Waals surface area contributed by atoms with E-state index in [1.54, 1.807) is 12.1 Å². The van der Waals surface area contributed by atoms with Crippen molar-refractivity contribution in [2.75, 3.05) is 6.61 Å². The second-order valence-electron chi connectivity index (χ2n) is 2.58. The molecule has 0 saturated heterocycles. The van der Waals surface area contributed by atoms with Crippen LogP contribution in [0.2, 0.25) is 0 Å². The molecule has 0 aliphatic rings. The minimum Gasteiger partial charge on any atom is -0.493 e. The summed E-state index contributed by atoms with van der Waals surface area (Å²) in [7, 11) is 0. The lowest BCUT2D eigenvalue weighted by Crippen LogP contribution is -2.04. The first-order chi connectivity index (χ1) is 6.72. The van der Waals surface area contributed by atoms with E-state index in [-0.39, 0.29) is 13.0 Å². The van der Waals surface area contributed by atoms with Crippen LogP contribution in [-0.4, -0.2) is 17.7 Å². The van der Waals surface area contributed by atoms with Crippen LogP contribution in [0, 0.1) is 4.91 Å². The van der Waals surface area contributed by atoms with Crippen molar-refractivity contribution in [2.45, 2.75) is 6.42 Å². The average Bonchev–Trinajstić information content (AvgIpc) is 2.18. The molecule has 0 unspecified atom stereocenters. The van der Waals surface area contributed by atoms with E-state index in [1.807, 2.05) is 0 Å². The number of nitroso groups, excluding NO2 is 1. The Morgan fingerprint density at radius 2 is 2.00 bits per heavy atom. The lowest BCUT2D eigenvalue weighted by atomic mass is 10.3. The molecule has 1 rings (SSSR count). The van der Waals surface area contributed by atoms with E-state index in [9.17, 15) is 9.70 Å². The molecule has 0 heterocycles. The largest absolute Gasteiger partial charge is 0.493 e. The fourth-order valence-electron chi connectivity index (χ4n) is 0.859. The first-order valence-corrected chi connectivity index (χ1v) is 4.00. The molecular formula is C9H9NO4. The fourth-order valence-corrected chi connectivity index (χ4v) is 0.859. The third-order valence-corrected chi connectivity index (χ3v) is 1.53. The van der Waals surface area contributed by atoms with Crippen molar-refractivity contribution in [1.82, 2.24) is 0 Å². The highest BCUT2D eigenvalue weighted by Crippen LogP contribution is 2.17. The lowest BCUT2D eigenvalue weighted by molar-refractivity contribution is -0.137. The first-order valence-electron chi connectivity index (χ1n) is 4.00. The molecule has 14 heavy (non-hydrogen) atoms. The monoisotopic (exact) mass is 195 g/mol. The van der Waals surface area contributed by atoms with Crippen molar-refractivity contribution < 1.29 is 14.6 Å². The van der Waals surface area contributed by atoms with Gasteiger partial charge in [-0.1, -0.05) is 0 Å². The van der Waals surface area contributed by atoms with Gasteiger partial charge in [0, 0.05) is 0 Å². The van der Waals surface area contributed by atoms with Crippen LogP contribution in [0.15, 0.2) is 29.4 Å². The van der Waals surface area contributed by atoms with Gasteiger partial charge in [-0.3, -0.25) is 4.79 Å². The Morgan fingerprint density at radius 1 is 1.36 bits per heavy atom. The number of hydrogen-bond acceptors (Lipinski definition) is 4. The number of hydrogen-bond donors (Lipinski definition) is 1. The van der Waals surface area contributed by atoms with Gasteiger partial charge in [-0.25, -0.2) is 0 Å². The summed E-state index contributed by atoms with van der Waals surface area (Å²) in [5, 5.41) is 11.1. The molecule has 0 aliphatic carbocycles. The number of benzene rings is 1. The number of carboxylic acids is 1. The van der Waals surface area contributed by atoms with Crippen LogP contribution in [0.1, 0.15) is 6.42 Å². The molecule has 74 valence electrons. The van der Waals surface area contributed by atoms with Crippen LogP contribution in [0.25, 0.3) is 0 Å². The average molecular weight is 195 g/mol. The Morgan fingerprint density at radius 3 is 2.50 bits per heavy atom. The number of rotatable bonds is 5. The van der Waals surface area contributed by atoms with Gasteiger partial charge in [0.05, 0.1) is 13.0 Å². The van der Waals surface area contributed by atoms with E-state index in [2.05, 4.69) is 5.18 Å². The Labute approximate surface area is 80.3 Å². The zero-order valence-electron chi connectivity index (χ0n) is 7.34. The summed E-state index contributed by atoms with van der Waals surface area (Å²) in [6.45, 7) is 0.114. The molecule has 0 aromatic heterocycles. The highest BCUT2D eigenvalue weighted by Gasteiger charge is 1.98. The van der Waals surface area contributed by atoms with Gasteiger partial charge in [-0.2, -0.15) is 0 Å². The maximum Gasteiger partial charge on any atom is 0.306 e. The number of nitrogens with zero attached hydrogens (tertiary/aromatic N) is 1. The third-order valence-electron chi connectivity index (χ3n) is 1.53. The number of carbonyl (C=O) groups is 1. The molecule has 0 aliphatic heterocycles. The number of aliphatic carboxylic acids is 1. The molecule has 0 saturated carbocycles. The quantitative estimate of drug-likeness (QED) is 0.728. The fraction of sp³-hybridized carbons (Fsp3) is 0.222. The minimum atomic E-state index is -0.906. The maximum absolute atomic E-state index is 10.2. The second kappa shape index (κ2) is 4.96. The number of carboxylic acid groups (broad SMARTS) is 1. The molecule has 0 bridgehead atoms. The molecule has 0 radical (unpaired) electrons. The van der Waals surface area contributed by atoms with E-state index < -0.39 is 5.97 Å². The molecule has 5 nitrogen and oxygen atoms in total. The van der Waals surface area contributed by atoms with Gasteiger partial charge in [0.1, 0.15) is 11.4 Å². The Balaban J connectivity index is 2.43. The summed E-state index contributed by atoms with van der Waals surface area (Å²) < 4.78 is 5.09. The van der Waals surface area contributed by atoms with Crippen molar-refractivity contribution >= 4 is 11.7 Å². The van der Waals surface area contributed by atoms with Gasteiger partial charge >= 0.3 is 5.97 Å². The van der Waals surface area contributed by atoms with Gasteiger partial charge in [0.15, 0.2) is 0 Å². The van der Waals surface area contributed by atoms with Gasteiger partial charge in [-0.05, 0) is 29.4 Å². The Hall–Kier alpha value is -1.91. The Kier molecular flexibility index (Phi) is 3.60. The van der Waals surface area contributed by atoms with Crippen LogP contribution in [-0.2, 0) is 4.79 Å². The topological polar surface area (TPSA) is 76.0 Å². The van der Waals surface area contributed by atoms with Crippen LogP contribution < -0.4 is 4.74 Å². The molecule has 1 aromatic rings. The standard InChI is InChI=1S/C9H9NO4/c11-9(12)5-6-14-8-3-1-7(10-13)2-4-8/h1-4H,5-6H2,(H,11,12). The summed E-state index contributed by atoms with van der Waals surface area (Å²) in [4.78, 5) is 20.2. The van der Waals surface area contributed by atoms with Gasteiger partial charge in [-0.15, -0.1) is 4.91 Å². The lowest BCUT2D eigenvalue weighted by Gasteiger charge is -2.03. The smallest absolute Gasteiger partial charge is 0.306 e. The zero-order valence-corrected chi connectivity index (χ0v) is 7.34. The summed E-state index contributed by atoms with van der Waals surface area (Å²) >= 11 is 0. The van der Waals surface area contributed by atoms with E-state index in [4.69, 9.17) is 9.84 Å². The van der Waals surface area contributed by atoms with Crippen molar-refractivity contribution in [3.63, 3.8) is 0 Å². The summed E-state index contributed by atoms with van der Waals surface area (Å²) in [6.07, 6.45) is -0.0479. The summed E-state index contributed by atoms with van der Waals surface area (Å²) in [5.41, 5.74) is 0.315.